The number of aromatic nitrogens is 4. The van der Waals surface area contributed by atoms with Crippen LogP contribution >= 0.6 is 11.3 Å². The topological polar surface area (TPSA) is 87.0 Å². The number of ether oxygens (including phenoxy) is 1. The lowest BCUT2D eigenvalue weighted by Gasteiger charge is -2.02. The van der Waals surface area contributed by atoms with E-state index in [0.29, 0.717) is 17.0 Å². The summed E-state index contributed by atoms with van der Waals surface area (Å²) in [5.74, 6) is 0.785. The summed E-state index contributed by atoms with van der Waals surface area (Å²) in [5.41, 5.74) is 1.37. The Bertz CT molecular complexity index is 850. The average Bonchev–Trinajstić information content (AvgIpc) is 2.97. The minimum absolute atomic E-state index is 0.0455. The molecule has 0 fully saturated rings. The van der Waals surface area contributed by atoms with Crippen molar-refractivity contribution in [1.82, 2.24) is 20.0 Å². The Morgan fingerprint density at radius 2 is 1.95 bits per heavy atom. The van der Waals surface area contributed by atoms with Crippen molar-refractivity contribution in [1.29, 1.82) is 0 Å². The Hall–Kier alpha value is -2.00. The lowest BCUT2D eigenvalue weighted by molar-refractivity contribution is 0.414. The van der Waals surface area contributed by atoms with Crippen LogP contribution in [0.1, 0.15) is 5.56 Å². The number of hydrogen-bond acceptors (Lipinski definition) is 7. The average molecular weight is 324 g/mol. The number of nitrogens with zero attached hydrogens (tertiary/aromatic N) is 4. The predicted molar refractivity (Wildman–Crippen MR) is 78.4 cm³/mol. The highest BCUT2D eigenvalue weighted by molar-refractivity contribution is 7.92. The standard InChI is InChI=1S/C12H12N4O3S2/c1-19-9-5-3-8(4-6-9)7-16-14-10-11(15-16)20-12(13-10)21(2,17)18/h3-6H,7H2,1-2H3. The van der Waals surface area contributed by atoms with Gasteiger partial charge in [-0.15, -0.1) is 10.2 Å². The van der Waals surface area contributed by atoms with Crippen molar-refractivity contribution in [3.05, 3.63) is 29.8 Å². The molecule has 0 aliphatic rings. The molecule has 1 aromatic carbocycles. The van der Waals surface area contributed by atoms with Crippen LogP contribution in [-0.4, -0.2) is 41.8 Å². The smallest absolute Gasteiger partial charge is 0.214 e. The summed E-state index contributed by atoms with van der Waals surface area (Å²) in [5, 5.41) is 8.44. The van der Waals surface area contributed by atoms with Gasteiger partial charge in [0.05, 0.1) is 13.7 Å². The summed E-state index contributed by atoms with van der Waals surface area (Å²) in [6.07, 6.45) is 1.12. The normalized spacial score (nSPS) is 11.9. The molecule has 9 heteroatoms. The fourth-order valence-corrected chi connectivity index (χ4v) is 3.48. The molecule has 0 unspecified atom stereocenters. The molecule has 3 rings (SSSR count). The van der Waals surface area contributed by atoms with Gasteiger partial charge in [0, 0.05) is 6.26 Å². The fraction of sp³-hybridized carbons (Fsp3) is 0.250. The Morgan fingerprint density at radius 1 is 1.24 bits per heavy atom. The Labute approximate surface area is 125 Å². The first-order chi connectivity index (χ1) is 9.95. The summed E-state index contributed by atoms with van der Waals surface area (Å²) < 4.78 is 28.0. The molecule has 21 heavy (non-hydrogen) atoms. The van der Waals surface area contributed by atoms with Gasteiger partial charge in [0.25, 0.3) is 0 Å². The van der Waals surface area contributed by atoms with E-state index < -0.39 is 9.84 Å². The van der Waals surface area contributed by atoms with Crippen molar-refractivity contribution in [3.63, 3.8) is 0 Å². The van der Waals surface area contributed by atoms with Crippen molar-refractivity contribution >= 4 is 31.7 Å². The number of hydrogen-bond donors (Lipinski definition) is 0. The van der Waals surface area contributed by atoms with Gasteiger partial charge in [-0.1, -0.05) is 23.5 Å². The molecule has 110 valence electrons. The van der Waals surface area contributed by atoms with E-state index in [1.54, 1.807) is 7.11 Å². The van der Waals surface area contributed by atoms with Crippen LogP contribution in [-0.2, 0) is 16.4 Å². The summed E-state index contributed by atoms with van der Waals surface area (Å²) in [6, 6.07) is 7.57. The molecule has 0 bridgehead atoms. The highest BCUT2D eigenvalue weighted by Crippen LogP contribution is 2.22. The maximum atomic E-state index is 11.4. The molecule has 0 spiro atoms. The van der Waals surface area contributed by atoms with Crippen molar-refractivity contribution in [3.8, 4) is 5.75 Å². The third-order valence-electron chi connectivity index (χ3n) is 2.79. The molecular formula is C12H12N4O3S2. The van der Waals surface area contributed by atoms with Crippen LogP contribution in [0.3, 0.4) is 0 Å². The van der Waals surface area contributed by atoms with E-state index in [2.05, 4.69) is 15.2 Å². The number of sulfone groups is 1. The van der Waals surface area contributed by atoms with Gasteiger partial charge in [-0.25, -0.2) is 13.4 Å². The number of fused-ring (bicyclic) bond motifs is 1. The van der Waals surface area contributed by atoms with Gasteiger partial charge >= 0.3 is 0 Å². The second kappa shape index (κ2) is 5.08. The SMILES string of the molecule is COc1ccc(Cn2nc3nc(S(C)(=O)=O)sc3n2)cc1. The second-order valence-corrected chi connectivity index (χ2v) is 7.63. The molecule has 0 N–H and O–H groups in total. The van der Waals surface area contributed by atoms with Crippen molar-refractivity contribution in [2.75, 3.05) is 13.4 Å². The highest BCUT2D eigenvalue weighted by atomic mass is 32.2. The first kappa shape index (κ1) is 14.0. The van der Waals surface area contributed by atoms with Crippen LogP contribution in [0.5, 0.6) is 5.75 Å². The predicted octanol–water partition coefficient (Wildman–Crippen LogP) is 1.35. The largest absolute Gasteiger partial charge is 0.497 e. The molecule has 3 aromatic rings. The monoisotopic (exact) mass is 324 g/mol. The van der Waals surface area contributed by atoms with Gasteiger partial charge in [0.15, 0.2) is 4.83 Å². The van der Waals surface area contributed by atoms with E-state index in [1.807, 2.05) is 24.3 Å². The summed E-state index contributed by atoms with van der Waals surface area (Å²) in [4.78, 5) is 6.01. The van der Waals surface area contributed by atoms with E-state index in [4.69, 9.17) is 4.74 Å². The molecule has 7 nitrogen and oxygen atoms in total. The number of thiazole rings is 1. The van der Waals surface area contributed by atoms with Crippen molar-refractivity contribution in [2.45, 2.75) is 10.9 Å². The zero-order valence-electron chi connectivity index (χ0n) is 11.3. The summed E-state index contributed by atoms with van der Waals surface area (Å²) in [6.45, 7) is 0.487. The van der Waals surface area contributed by atoms with Gasteiger partial charge in [-0.05, 0) is 17.7 Å². The quantitative estimate of drug-likeness (QED) is 0.720. The van der Waals surface area contributed by atoms with Gasteiger partial charge < -0.3 is 4.74 Å². The van der Waals surface area contributed by atoms with Crippen LogP contribution in [0.4, 0.5) is 0 Å². The van der Waals surface area contributed by atoms with E-state index in [-0.39, 0.29) is 4.34 Å². The van der Waals surface area contributed by atoms with Gasteiger partial charge in [-0.2, -0.15) is 4.80 Å². The fourth-order valence-electron chi connectivity index (χ4n) is 1.78. The second-order valence-electron chi connectivity index (χ2n) is 4.46. The third-order valence-corrected chi connectivity index (χ3v) is 5.40. The molecule has 0 radical (unpaired) electrons. The minimum Gasteiger partial charge on any atom is -0.497 e. The zero-order valence-corrected chi connectivity index (χ0v) is 13.0. The van der Waals surface area contributed by atoms with Crippen molar-refractivity contribution in [2.24, 2.45) is 0 Å². The molecule has 0 amide bonds. The highest BCUT2D eigenvalue weighted by Gasteiger charge is 2.17. The molecule has 2 aromatic heterocycles. The lowest BCUT2D eigenvalue weighted by atomic mass is 10.2. The molecule has 0 saturated carbocycles. The van der Waals surface area contributed by atoms with Gasteiger partial charge in [0.1, 0.15) is 5.75 Å². The zero-order chi connectivity index (χ0) is 15.0. The molecule has 0 aliphatic heterocycles. The first-order valence-electron chi connectivity index (χ1n) is 6.00. The maximum Gasteiger partial charge on any atom is 0.214 e. The van der Waals surface area contributed by atoms with Gasteiger partial charge in [-0.3, -0.25) is 0 Å². The van der Waals surface area contributed by atoms with Crippen LogP contribution in [0.25, 0.3) is 10.5 Å². The lowest BCUT2D eigenvalue weighted by Crippen LogP contribution is -2.04. The van der Waals surface area contributed by atoms with Crippen LogP contribution < -0.4 is 4.74 Å². The number of rotatable bonds is 4. The van der Waals surface area contributed by atoms with E-state index in [1.165, 1.54) is 4.80 Å². The third kappa shape index (κ3) is 2.88. The molecule has 0 atom stereocenters. The van der Waals surface area contributed by atoms with E-state index >= 15 is 0 Å². The van der Waals surface area contributed by atoms with Crippen LogP contribution in [0.2, 0.25) is 0 Å². The molecular weight excluding hydrogens is 312 g/mol. The van der Waals surface area contributed by atoms with E-state index in [0.717, 1.165) is 28.9 Å². The minimum atomic E-state index is -3.31. The Morgan fingerprint density at radius 3 is 2.52 bits per heavy atom. The van der Waals surface area contributed by atoms with Crippen LogP contribution in [0.15, 0.2) is 28.6 Å². The first-order valence-corrected chi connectivity index (χ1v) is 8.71. The Balaban J connectivity index is 1.86. The maximum absolute atomic E-state index is 11.4. The summed E-state index contributed by atoms with van der Waals surface area (Å²) in [7, 11) is -1.70. The Kier molecular flexibility index (Phi) is 3.38. The van der Waals surface area contributed by atoms with Gasteiger partial charge in [0.2, 0.25) is 19.8 Å². The number of benzene rings is 1. The van der Waals surface area contributed by atoms with Crippen LogP contribution in [0, 0.1) is 0 Å². The van der Waals surface area contributed by atoms with E-state index in [9.17, 15) is 8.42 Å². The van der Waals surface area contributed by atoms with Crippen molar-refractivity contribution < 1.29 is 13.2 Å². The number of methoxy groups -OCH3 is 1. The molecule has 2 heterocycles. The molecule has 0 saturated heterocycles. The summed E-state index contributed by atoms with van der Waals surface area (Å²) >= 11 is 1.03. The molecule has 0 aliphatic carbocycles.